The van der Waals surface area contributed by atoms with Gasteiger partial charge in [0.25, 0.3) is 0 Å². The van der Waals surface area contributed by atoms with Gasteiger partial charge in [-0.15, -0.1) is 0 Å². The summed E-state index contributed by atoms with van der Waals surface area (Å²) >= 11 is 0. The first-order chi connectivity index (χ1) is 6.87. The van der Waals surface area contributed by atoms with Gasteiger partial charge in [-0.3, -0.25) is 0 Å². The molecule has 0 aromatic carbocycles. The number of hydrogen-bond donors (Lipinski definition) is 1. The van der Waals surface area contributed by atoms with Crippen molar-refractivity contribution in [2.45, 2.75) is 52.1 Å². The van der Waals surface area contributed by atoms with E-state index in [1.54, 1.807) is 0 Å². The fourth-order valence-electron chi connectivity index (χ4n) is 2.68. The lowest BCUT2D eigenvalue weighted by Crippen LogP contribution is -2.39. The first-order valence-corrected chi connectivity index (χ1v) is 6.28. The number of hydrogen-bond acceptors (Lipinski definition) is 2. The Morgan fingerprint density at radius 2 is 1.73 bits per heavy atom. The minimum Gasteiger partial charge on any atom is -0.389 e. The van der Waals surface area contributed by atoms with Crippen LogP contribution in [0.5, 0.6) is 0 Å². The fourth-order valence-corrected chi connectivity index (χ4v) is 2.68. The zero-order chi connectivity index (χ0) is 11.5. The SMILES string of the molecule is CC1CCC(CN(C)CC(C)(C)O)CC1. The van der Waals surface area contributed by atoms with E-state index in [1.807, 2.05) is 13.8 Å². The van der Waals surface area contributed by atoms with Crippen LogP contribution in [0, 0.1) is 11.8 Å². The van der Waals surface area contributed by atoms with Crippen LogP contribution in [0.3, 0.4) is 0 Å². The van der Waals surface area contributed by atoms with E-state index in [4.69, 9.17) is 0 Å². The summed E-state index contributed by atoms with van der Waals surface area (Å²) in [5.41, 5.74) is -0.559. The highest BCUT2D eigenvalue weighted by Crippen LogP contribution is 2.28. The minimum atomic E-state index is -0.559. The van der Waals surface area contributed by atoms with Gasteiger partial charge in [-0.2, -0.15) is 0 Å². The molecule has 1 rings (SSSR count). The molecular formula is C13H27NO. The standard InChI is InChI=1S/C13H27NO/c1-11-5-7-12(8-6-11)9-14(4)10-13(2,3)15/h11-12,15H,5-10H2,1-4H3. The van der Waals surface area contributed by atoms with Gasteiger partial charge in [-0.1, -0.05) is 19.8 Å². The van der Waals surface area contributed by atoms with Gasteiger partial charge in [0, 0.05) is 13.1 Å². The summed E-state index contributed by atoms with van der Waals surface area (Å²) in [7, 11) is 2.12. The van der Waals surface area contributed by atoms with Crippen molar-refractivity contribution in [3.05, 3.63) is 0 Å². The zero-order valence-corrected chi connectivity index (χ0v) is 10.8. The van der Waals surface area contributed by atoms with Gasteiger partial charge in [0.2, 0.25) is 0 Å². The van der Waals surface area contributed by atoms with Crippen molar-refractivity contribution >= 4 is 0 Å². The molecule has 1 saturated carbocycles. The molecule has 0 aliphatic heterocycles. The normalized spacial score (nSPS) is 28.4. The maximum atomic E-state index is 9.72. The van der Waals surface area contributed by atoms with Crippen LogP contribution < -0.4 is 0 Å². The molecule has 0 atom stereocenters. The van der Waals surface area contributed by atoms with Gasteiger partial charge >= 0.3 is 0 Å². The summed E-state index contributed by atoms with van der Waals surface area (Å²) in [6, 6.07) is 0. The average molecular weight is 213 g/mol. The number of likely N-dealkylation sites (N-methyl/N-ethyl adjacent to an activating group) is 1. The van der Waals surface area contributed by atoms with Crippen molar-refractivity contribution in [2.24, 2.45) is 11.8 Å². The van der Waals surface area contributed by atoms with E-state index in [0.29, 0.717) is 0 Å². The molecule has 0 aromatic rings. The molecule has 0 radical (unpaired) electrons. The van der Waals surface area contributed by atoms with Crippen LogP contribution in [0.1, 0.15) is 46.5 Å². The lowest BCUT2D eigenvalue weighted by molar-refractivity contribution is 0.0375. The van der Waals surface area contributed by atoms with Gasteiger partial charge < -0.3 is 10.0 Å². The highest BCUT2D eigenvalue weighted by molar-refractivity contribution is 4.75. The van der Waals surface area contributed by atoms with E-state index in [2.05, 4.69) is 18.9 Å². The molecule has 0 bridgehead atoms. The molecule has 0 amide bonds. The molecule has 15 heavy (non-hydrogen) atoms. The van der Waals surface area contributed by atoms with Crippen LogP contribution in [-0.2, 0) is 0 Å². The van der Waals surface area contributed by atoms with Crippen molar-refractivity contribution in [1.82, 2.24) is 4.90 Å². The molecular weight excluding hydrogens is 186 g/mol. The second kappa shape index (κ2) is 5.31. The summed E-state index contributed by atoms with van der Waals surface area (Å²) in [4.78, 5) is 2.28. The Morgan fingerprint density at radius 1 is 1.20 bits per heavy atom. The second-order valence-corrected chi connectivity index (χ2v) is 6.14. The summed E-state index contributed by atoms with van der Waals surface area (Å²) in [6.07, 6.45) is 5.52. The smallest absolute Gasteiger partial charge is 0.0718 e. The van der Waals surface area contributed by atoms with E-state index in [9.17, 15) is 5.11 Å². The van der Waals surface area contributed by atoms with Crippen LogP contribution in [0.2, 0.25) is 0 Å². The highest BCUT2D eigenvalue weighted by atomic mass is 16.3. The van der Waals surface area contributed by atoms with Gasteiger partial charge in [-0.05, 0) is 45.6 Å². The first-order valence-electron chi connectivity index (χ1n) is 6.28. The Hall–Kier alpha value is -0.0800. The van der Waals surface area contributed by atoms with Crippen LogP contribution in [0.15, 0.2) is 0 Å². The molecule has 1 N–H and O–H groups in total. The molecule has 0 aromatic heterocycles. The summed E-state index contributed by atoms with van der Waals surface area (Å²) < 4.78 is 0. The van der Waals surface area contributed by atoms with E-state index >= 15 is 0 Å². The third-order valence-corrected chi connectivity index (χ3v) is 3.36. The van der Waals surface area contributed by atoms with Crippen molar-refractivity contribution in [1.29, 1.82) is 0 Å². The number of rotatable bonds is 4. The second-order valence-electron chi connectivity index (χ2n) is 6.14. The van der Waals surface area contributed by atoms with Gasteiger partial charge in [0.1, 0.15) is 0 Å². The topological polar surface area (TPSA) is 23.5 Å². The lowest BCUT2D eigenvalue weighted by Gasteiger charge is -2.32. The molecule has 2 nitrogen and oxygen atoms in total. The molecule has 1 fully saturated rings. The van der Waals surface area contributed by atoms with Crippen LogP contribution >= 0.6 is 0 Å². The maximum absolute atomic E-state index is 9.72. The predicted molar refractivity (Wildman–Crippen MR) is 64.9 cm³/mol. The Labute approximate surface area is 94.7 Å². The van der Waals surface area contributed by atoms with E-state index < -0.39 is 5.60 Å². The van der Waals surface area contributed by atoms with E-state index in [1.165, 1.54) is 25.7 Å². The Balaban J connectivity index is 2.23. The molecule has 90 valence electrons. The van der Waals surface area contributed by atoms with Crippen molar-refractivity contribution < 1.29 is 5.11 Å². The minimum absolute atomic E-state index is 0.559. The van der Waals surface area contributed by atoms with Gasteiger partial charge in [0.15, 0.2) is 0 Å². The number of nitrogens with zero attached hydrogens (tertiary/aromatic N) is 1. The molecule has 2 heteroatoms. The first kappa shape index (κ1) is 13.0. The lowest BCUT2D eigenvalue weighted by atomic mass is 9.83. The summed E-state index contributed by atoms with van der Waals surface area (Å²) in [5.74, 6) is 1.79. The monoisotopic (exact) mass is 213 g/mol. The van der Waals surface area contributed by atoms with Crippen molar-refractivity contribution in [3.8, 4) is 0 Å². The average Bonchev–Trinajstić information content (AvgIpc) is 2.05. The molecule has 0 spiro atoms. The summed E-state index contributed by atoms with van der Waals surface area (Å²) in [6.45, 7) is 8.05. The Morgan fingerprint density at radius 3 is 2.20 bits per heavy atom. The largest absolute Gasteiger partial charge is 0.389 e. The molecule has 0 saturated heterocycles. The molecule has 1 aliphatic carbocycles. The summed E-state index contributed by atoms with van der Waals surface area (Å²) in [5, 5.41) is 9.72. The van der Waals surface area contributed by atoms with E-state index in [0.717, 1.165) is 24.9 Å². The zero-order valence-electron chi connectivity index (χ0n) is 10.8. The molecule has 0 unspecified atom stereocenters. The molecule has 0 heterocycles. The maximum Gasteiger partial charge on any atom is 0.0718 e. The Kier molecular flexibility index (Phi) is 4.60. The molecule has 1 aliphatic rings. The quantitative estimate of drug-likeness (QED) is 0.775. The van der Waals surface area contributed by atoms with Crippen molar-refractivity contribution in [3.63, 3.8) is 0 Å². The van der Waals surface area contributed by atoms with Crippen LogP contribution in [0.25, 0.3) is 0 Å². The highest BCUT2D eigenvalue weighted by Gasteiger charge is 2.22. The van der Waals surface area contributed by atoms with Crippen LogP contribution in [0.4, 0.5) is 0 Å². The fraction of sp³-hybridized carbons (Fsp3) is 1.00. The van der Waals surface area contributed by atoms with Crippen LogP contribution in [-0.4, -0.2) is 35.7 Å². The predicted octanol–water partition coefficient (Wildman–Crippen LogP) is 2.52. The Bertz CT molecular complexity index is 177. The van der Waals surface area contributed by atoms with E-state index in [-0.39, 0.29) is 0 Å². The van der Waals surface area contributed by atoms with Gasteiger partial charge in [-0.25, -0.2) is 0 Å². The third kappa shape index (κ3) is 5.53. The third-order valence-electron chi connectivity index (χ3n) is 3.36. The van der Waals surface area contributed by atoms with Gasteiger partial charge in [0.05, 0.1) is 5.60 Å². The van der Waals surface area contributed by atoms with Crippen molar-refractivity contribution in [2.75, 3.05) is 20.1 Å². The number of aliphatic hydroxyl groups is 1.